The van der Waals surface area contributed by atoms with Gasteiger partial charge in [-0.25, -0.2) is 4.98 Å². The second-order valence-corrected chi connectivity index (χ2v) is 11.1. The lowest BCUT2D eigenvalue weighted by atomic mass is 10.0. The molecular weight excluding hydrogens is 518 g/mol. The number of ether oxygens (including phenoxy) is 3. The zero-order valence-electron chi connectivity index (χ0n) is 24.3. The van der Waals surface area contributed by atoms with Gasteiger partial charge in [0.1, 0.15) is 23.4 Å². The maximum Gasteiger partial charge on any atom is 0.320 e. The van der Waals surface area contributed by atoms with Gasteiger partial charge in [0.05, 0.1) is 25.2 Å². The summed E-state index contributed by atoms with van der Waals surface area (Å²) in [6, 6.07) is 1.73. The fourth-order valence-corrected chi connectivity index (χ4v) is 4.77. The third-order valence-electron chi connectivity index (χ3n) is 6.76. The first-order valence-corrected chi connectivity index (χ1v) is 13.5. The number of hydrogen-bond donors (Lipinski definition) is 3. The number of amides is 2. The van der Waals surface area contributed by atoms with Crippen molar-refractivity contribution < 1.29 is 33.4 Å². The van der Waals surface area contributed by atoms with E-state index in [0.29, 0.717) is 12.8 Å². The van der Waals surface area contributed by atoms with E-state index in [1.54, 1.807) is 45.7 Å². The van der Waals surface area contributed by atoms with E-state index < -0.39 is 47.7 Å². The normalized spacial score (nSPS) is 19.6. The van der Waals surface area contributed by atoms with Gasteiger partial charge in [-0.05, 0) is 58.7 Å². The van der Waals surface area contributed by atoms with Gasteiger partial charge in [0.15, 0.2) is 0 Å². The molecule has 3 N–H and O–H groups in total. The molecule has 3 rings (SSSR count). The minimum atomic E-state index is -1.01. The summed E-state index contributed by atoms with van der Waals surface area (Å²) >= 11 is 0. The summed E-state index contributed by atoms with van der Waals surface area (Å²) in [6.45, 7) is 9.94. The highest BCUT2D eigenvalue weighted by molar-refractivity contribution is 5.91. The lowest BCUT2D eigenvalue weighted by Gasteiger charge is -2.32. The molecular formula is C28H41N5O7. The fourth-order valence-electron chi connectivity index (χ4n) is 4.77. The van der Waals surface area contributed by atoms with Crippen LogP contribution in [0.4, 0.5) is 0 Å². The Morgan fingerprint density at radius 1 is 1.23 bits per heavy atom. The summed E-state index contributed by atoms with van der Waals surface area (Å²) in [5, 5.41) is 6.58. The van der Waals surface area contributed by atoms with E-state index in [1.165, 1.54) is 14.0 Å². The molecule has 2 amide bonds. The number of esters is 2. The highest BCUT2D eigenvalue weighted by Gasteiger charge is 2.42. The molecule has 12 heteroatoms. The van der Waals surface area contributed by atoms with Crippen molar-refractivity contribution in [1.82, 2.24) is 25.5 Å². The number of hydrogen-bond acceptors (Lipinski definition) is 9. The summed E-state index contributed by atoms with van der Waals surface area (Å²) < 4.78 is 16.2. The molecule has 40 heavy (non-hydrogen) atoms. The van der Waals surface area contributed by atoms with E-state index in [4.69, 9.17) is 14.2 Å². The van der Waals surface area contributed by atoms with Crippen LogP contribution < -0.4 is 10.6 Å². The molecule has 0 bridgehead atoms. The molecule has 0 aliphatic carbocycles. The molecule has 5 atom stereocenters. The SMILES string of the molecule is COC(C)C(NC(=O)C(C)NCC(=O)OC(C)(C)C)C(=O)N1CC(OC(C)=O)CC1Cc1c[nH]c2ncccc12. The van der Waals surface area contributed by atoms with Gasteiger partial charge >= 0.3 is 11.9 Å². The van der Waals surface area contributed by atoms with Crippen molar-refractivity contribution >= 4 is 34.8 Å². The molecule has 0 radical (unpaired) electrons. The molecule has 1 aliphatic rings. The van der Waals surface area contributed by atoms with Crippen molar-refractivity contribution in [3.63, 3.8) is 0 Å². The number of methoxy groups -OCH3 is 1. The summed E-state index contributed by atoms with van der Waals surface area (Å²) in [4.78, 5) is 59.9. The molecule has 2 aromatic rings. The van der Waals surface area contributed by atoms with Crippen LogP contribution in [0.25, 0.3) is 11.0 Å². The zero-order chi connectivity index (χ0) is 29.6. The Labute approximate surface area is 234 Å². The van der Waals surface area contributed by atoms with Gasteiger partial charge < -0.3 is 29.4 Å². The van der Waals surface area contributed by atoms with E-state index in [1.807, 2.05) is 18.3 Å². The number of nitrogens with zero attached hydrogens (tertiary/aromatic N) is 2. The monoisotopic (exact) mass is 559 g/mol. The Bertz CT molecular complexity index is 1210. The van der Waals surface area contributed by atoms with Gasteiger partial charge in [0, 0.05) is 44.3 Å². The number of carbonyl (C=O) groups is 4. The van der Waals surface area contributed by atoms with Crippen LogP contribution in [-0.2, 0) is 39.8 Å². The number of nitrogens with one attached hydrogen (secondary N) is 3. The Morgan fingerprint density at radius 3 is 2.60 bits per heavy atom. The number of aromatic amines is 1. The van der Waals surface area contributed by atoms with Gasteiger partial charge in [-0.2, -0.15) is 0 Å². The molecule has 0 saturated carbocycles. The number of fused-ring (bicyclic) bond motifs is 1. The first-order chi connectivity index (χ1) is 18.8. The van der Waals surface area contributed by atoms with Crippen molar-refractivity contribution in [3.8, 4) is 0 Å². The number of H-pyrrole nitrogens is 1. The topological polar surface area (TPSA) is 152 Å². The van der Waals surface area contributed by atoms with Crippen molar-refractivity contribution in [3.05, 3.63) is 30.1 Å². The highest BCUT2D eigenvalue weighted by atomic mass is 16.6. The second kappa shape index (κ2) is 13.2. The van der Waals surface area contributed by atoms with Crippen LogP contribution in [0.1, 0.15) is 53.5 Å². The molecule has 5 unspecified atom stereocenters. The Hall–Kier alpha value is -3.51. The third-order valence-corrected chi connectivity index (χ3v) is 6.76. The fraction of sp³-hybridized carbons (Fsp3) is 0.607. The molecule has 0 aromatic carbocycles. The van der Waals surface area contributed by atoms with E-state index in [-0.39, 0.29) is 25.0 Å². The molecule has 12 nitrogen and oxygen atoms in total. The van der Waals surface area contributed by atoms with E-state index in [9.17, 15) is 19.2 Å². The average molecular weight is 560 g/mol. The van der Waals surface area contributed by atoms with Crippen molar-refractivity contribution in [2.45, 2.75) is 90.3 Å². The van der Waals surface area contributed by atoms with Gasteiger partial charge in [-0.3, -0.25) is 24.5 Å². The lowest BCUT2D eigenvalue weighted by molar-refractivity contribution is -0.154. The number of aromatic nitrogens is 2. The average Bonchev–Trinajstić information content (AvgIpc) is 3.47. The molecule has 3 heterocycles. The molecule has 1 saturated heterocycles. The molecule has 1 aliphatic heterocycles. The first-order valence-electron chi connectivity index (χ1n) is 13.5. The van der Waals surface area contributed by atoms with Crippen LogP contribution in [0.3, 0.4) is 0 Å². The number of pyridine rings is 1. The van der Waals surface area contributed by atoms with Crippen molar-refractivity contribution in [2.24, 2.45) is 0 Å². The van der Waals surface area contributed by atoms with Crippen molar-refractivity contribution in [1.29, 1.82) is 0 Å². The predicted molar refractivity (Wildman–Crippen MR) is 147 cm³/mol. The number of likely N-dealkylation sites (tertiary alicyclic amines) is 1. The minimum Gasteiger partial charge on any atom is -0.461 e. The van der Waals surface area contributed by atoms with Crippen LogP contribution in [0.5, 0.6) is 0 Å². The Morgan fingerprint density at radius 2 is 1.95 bits per heavy atom. The standard InChI is InChI=1S/C28H41N5O7/c1-16(30-14-23(35)40-28(4,5)6)26(36)32-24(17(2)38-7)27(37)33-15-21(39-18(3)34)12-20(33)11-19-13-31-25-22(19)9-8-10-29-25/h8-10,13,16-17,20-21,24,30H,11-12,14-15H2,1-7H3,(H,29,31)(H,32,36). The first kappa shape index (κ1) is 31.0. The molecule has 2 aromatic heterocycles. The van der Waals surface area contributed by atoms with E-state index in [2.05, 4.69) is 20.6 Å². The minimum absolute atomic E-state index is 0.165. The third kappa shape index (κ3) is 8.25. The van der Waals surface area contributed by atoms with Crippen LogP contribution in [0.15, 0.2) is 24.5 Å². The van der Waals surface area contributed by atoms with Crippen LogP contribution in [0, 0.1) is 0 Å². The molecule has 0 spiro atoms. The smallest absolute Gasteiger partial charge is 0.320 e. The molecule has 220 valence electrons. The number of rotatable bonds is 11. The highest BCUT2D eigenvalue weighted by Crippen LogP contribution is 2.28. The van der Waals surface area contributed by atoms with E-state index >= 15 is 0 Å². The van der Waals surface area contributed by atoms with Gasteiger partial charge in [-0.1, -0.05) is 0 Å². The van der Waals surface area contributed by atoms with Crippen molar-refractivity contribution in [2.75, 3.05) is 20.2 Å². The number of carbonyl (C=O) groups excluding carboxylic acids is 4. The summed E-state index contributed by atoms with van der Waals surface area (Å²) in [5.74, 6) is -1.73. The Kier molecular flexibility index (Phi) is 10.3. The maximum atomic E-state index is 13.9. The maximum absolute atomic E-state index is 13.9. The van der Waals surface area contributed by atoms with Gasteiger partial charge in [-0.15, -0.1) is 0 Å². The molecule has 1 fully saturated rings. The lowest BCUT2D eigenvalue weighted by Crippen LogP contribution is -2.58. The van der Waals surface area contributed by atoms with Gasteiger partial charge in [0.2, 0.25) is 11.8 Å². The summed E-state index contributed by atoms with van der Waals surface area (Å²) in [5.41, 5.74) is 1.08. The van der Waals surface area contributed by atoms with Crippen LogP contribution >= 0.6 is 0 Å². The van der Waals surface area contributed by atoms with Crippen LogP contribution in [0.2, 0.25) is 0 Å². The predicted octanol–water partition coefficient (Wildman–Crippen LogP) is 1.48. The van der Waals surface area contributed by atoms with Crippen LogP contribution in [-0.4, -0.2) is 94.8 Å². The quantitative estimate of drug-likeness (QED) is 0.348. The largest absolute Gasteiger partial charge is 0.461 e. The van der Waals surface area contributed by atoms with E-state index in [0.717, 1.165) is 16.6 Å². The summed E-state index contributed by atoms with van der Waals surface area (Å²) in [6.07, 6.45) is 3.40. The Balaban J connectivity index is 1.75. The summed E-state index contributed by atoms with van der Waals surface area (Å²) in [7, 11) is 1.46. The zero-order valence-corrected chi connectivity index (χ0v) is 24.3. The second-order valence-electron chi connectivity index (χ2n) is 11.1. The van der Waals surface area contributed by atoms with Gasteiger partial charge in [0.25, 0.3) is 0 Å².